The first-order valence-electron chi connectivity index (χ1n) is 6.86. The van der Waals surface area contributed by atoms with E-state index in [1.165, 1.54) is 25.7 Å². The molecule has 2 rings (SSSR count). The average molecular weight is 246 g/mol. The first-order chi connectivity index (χ1) is 8.84. The van der Waals surface area contributed by atoms with Gasteiger partial charge in [-0.25, -0.2) is 0 Å². The summed E-state index contributed by atoms with van der Waals surface area (Å²) in [7, 11) is 0. The Bertz CT molecular complexity index is 360. The molecule has 3 nitrogen and oxygen atoms in total. The summed E-state index contributed by atoms with van der Waals surface area (Å²) >= 11 is 0. The van der Waals surface area contributed by atoms with E-state index in [2.05, 4.69) is 10.6 Å². The summed E-state index contributed by atoms with van der Waals surface area (Å²) < 4.78 is 0. The minimum absolute atomic E-state index is 0.0743. The summed E-state index contributed by atoms with van der Waals surface area (Å²) in [6.45, 7) is 2.00. The van der Waals surface area contributed by atoms with Gasteiger partial charge in [0.2, 0.25) is 5.91 Å². The first kappa shape index (κ1) is 13.1. The minimum atomic E-state index is 0.0743. The van der Waals surface area contributed by atoms with Crippen LogP contribution in [0.1, 0.15) is 31.2 Å². The van der Waals surface area contributed by atoms with Crippen molar-refractivity contribution in [2.45, 2.75) is 32.2 Å². The van der Waals surface area contributed by atoms with Crippen molar-refractivity contribution >= 4 is 5.91 Å². The van der Waals surface area contributed by atoms with Crippen molar-refractivity contribution in [3.63, 3.8) is 0 Å². The lowest BCUT2D eigenvalue weighted by Gasteiger charge is -2.06. The molecule has 2 N–H and O–H groups in total. The average Bonchev–Trinajstić information content (AvgIpc) is 3.21. The molecule has 98 valence electrons. The van der Waals surface area contributed by atoms with E-state index in [9.17, 15) is 4.79 Å². The molecule has 0 atom stereocenters. The van der Waals surface area contributed by atoms with Gasteiger partial charge in [0.05, 0.1) is 6.54 Å². The van der Waals surface area contributed by atoms with Crippen LogP contribution in [0.4, 0.5) is 0 Å². The molecule has 1 aliphatic rings. The molecule has 0 aliphatic heterocycles. The zero-order valence-electron chi connectivity index (χ0n) is 10.8. The van der Waals surface area contributed by atoms with Gasteiger partial charge in [-0.3, -0.25) is 4.79 Å². The predicted molar refractivity (Wildman–Crippen MR) is 73.1 cm³/mol. The normalized spacial score (nSPS) is 14.4. The van der Waals surface area contributed by atoms with Crippen molar-refractivity contribution in [1.29, 1.82) is 0 Å². The van der Waals surface area contributed by atoms with Crippen LogP contribution in [-0.4, -0.2) is 19.0 Å². The molecule has 0 radical (unpaired) electrons. The van der Waals surface area contributed by atoms with Crippen LogP contribution in [0.15, 0.2) is 30.3 Å². The molecule has 3 heteroatoms. The van der Waals surface area contributed by atoms with Crippen LogP contribution in [0, 0.1) is 5.92 Å². The summed E-state index contributed by atoms with van der Waals surface area (Å²) in [6, 6.07) is 9.98. The van der Waals surface area contributed by atoms with Gasteiger partial charge in [-0.05, 0) is 30.9 Å². The summed E-state index contributed by atoms with van der Waals surface area (Å²) in [5, 5.41) is 6.10. The molecule has 1 aromatic rings. The number of carbonyl (C=O) groups excluding carboxylic acids is 1. The smallest absolute Gasteiger partial charge is 0.234 e. The van der Waals surface area contributed by atoms with Crippen molar-refractivity contribution in [3.05, 3.63) is 35.9 Å². The lowest BCUT2D eigenvalue weighted by Crippen LogP contribution is -2.33. The third-order valence-electron chi connectivity index (χ3n) is 3.28. The molecule has 1 amide bonds. The van der Waals surface area contributed by atoms with Crippen LogP contribution in [0.2, 0.25) is 0 Å². The third kappa shape index (κ3) is 5.32. The third-order valence-corrected chi connectivity index (χ3v) is 3.28. The molecule has 0 heterocycles. The zero-order valence-corrected chi connectivity index (χ0v) is 10.8. The Kier molecular flexibility index (Phi) is 5.21. The van der Waals surface area contributed by atoms with Crippen LogP contribution >= 0.6 is 0 Å². The highest BCUT2D eigenvalue weighted by atomic mass is 16.1. The Balaban J connectivity index is 1.49. The fourth-order valence-electron chi connectivity index (χ4n) is 1.98. The van der Waals surface area contributed by atoms with E-state index in [0.717, 1.165) is 18.0 Å². The number of hydrogen-bond acceptors (Lipinski definition) is 2. The van der Waals surface area contributed by atoms with Crippen LogP contribution in [0.3, 0.4) is 0 Å². The summed E-state index contributed by atoms with van der Waals surface area (Å²) in [5.74, 6) is 1.06. The maximum atomic E-state index is 11.6. The van der Waals surface area contributed by atoms with Crippen LogP contribution in [0.25, 0.3) is 0 Å². The van der Waals surface area contributed by atoms with Crippen LogP contribution < -0.4 is 10.6 Å². The zero-order chi connectivity index (χ0) is 12.6. The highest BCUT2D eigenvalue weighted by Crippen LogP contribution is 2.33. The molecule has 1 fully saturated rings. The van der Waals surface area contributed by atoms with E-state index in [1.807, 2.05) is 30.3 Å². The highest BCUT2D eigenvalue weighted by molar-refractivity contribution is 5.77. The molecular weight excluding hydrogens is 224 g/mol. The van der Waals surface area contributed by atoms with E-state index < -0.39 is 0 Å². The Morgan fingerprint density at radius 3 is 2.72 bits per heavy atom. The van der Waals surface area contributed by atoms with Gasteiger partial charge < -0.3 is 10.6 Å². The van der Waals surface area contributed by atoms with E-state index in [1.54, 1.807) is 0 Å². The van der Waals surface area contributed by atoms with Crippen molar-refractivity contribution in [2.75, 3.05) is 13.1 Å². The van der Waals surface area contributed by atoms with Gasteiger partial charge in [0.15, 0.2) is 0 Å². The molecule has 1 aromatic carbocycles. The van der Waals surface area contributed by atoms with Crippen molar-refractivity contribution in [1.82, 2.24) is 10.6 Å². The van der Waals surface area contributed by atoms with E-state index in [4.69, 9.17) is 0 Å². The molecular formula is C15H22N2O. The number of benzene rings is 1. The lowest BCUT2D eigenvalue weighted by molar-refractivity contribution is -0.120. The summed E-state index contributed by atoms with van der Waals surface area (Å²) in [6.07, 6.45) is 5.34. The molecule has 0 aromatic heterocycles. The predicted octanol–water partition coefficient (Wildman–Crippen LogP) is 2.08. The number of carbonyl (C=O) groups is 1. The molecule has 0 bridgehead atoms. The molecule has 0 saturated heterocycles. The van der Waals surface area contributed by atoms with Crippen LogP contribution in [0.5, 0.6) is 0 Å². The Labute approximate surface area is 109 Å². The van der Waals surface area contributed by atoms with Gasteiger partial charge in [0.1, 0.15) is 0 Å². The summed E-state index contributed by atoms with van der Waals surface area (Å²) in [5.41, 5.74) is 1.14. The van der Waals surface area contributed by atoms with Crippen LogP contribution in [-0.2, 0) is 11.3 Å². The van der Waals surface area contributed by atoms with Crippen molar-refractivity contribution in [2.24, 2.45) is 5.92 Å². The van der Waals surface area contributed by atoms with E-state index >= 15 is 0 Å². The minimum Gasteiger partial charge on any atom is -0.351 e. The van der Waals surface area contributed by atoms with Gasteiger partial charge in [-0.1, -0.05) is 43.2 Å². The van der Waals surface area contributed by atoms with Gasteiger partial charge in [0, 0.05) is 6.54 Å². The lowest BCUT2D eigenvalue weighted by atomic mass is 10.2. The van der Waals surface area contributed by atoms with Gasteiger partial charge in [-0.15, -0.1) is 0 Å². The van der Waals surface area contributed by atoms with Gasteiger partial charge in [-0.2, -0.15) is 0 Å². The van der Waals surface area contributed by atoms with Gasteiger partial charge >= 0.3 is 0 Å². The standard InChI is InChI=1S/C15H22N2O/c18-15(12-16-10-4-7-13-8-9-13)17-11-14-5-2-1-3-6-14/h1-3,5-6,13,16H,4,7-12H2,(H,17,18). The monoisotopic (exact) mass is 246 g/mol. The first-order valence-corrected chi connectivity index (χ1v) is 6.86. The number of rotatable bonds is 8. The summed E-state index contributed by atoms with van der Waals surface area (Å²) in [4.78, 5) is 11.6. The Hall–Kier alpha value is -1.35. The molecule has 1 aliphatic carbocycles. The topological polar surface area (TPSA) is 41.1 Å². The quantitative estimate of drug-likeness (QED) is 0.690. The SMILES string of the molecule is O=C(CNCCCC1CC1)NCc1ccccc1. The molecule has 0 unspecified atom stereocenters. The van der Waals surface area contributed by atoms with Gasteiger partial charge in [0.25, 0.3) is 0 Å². The van der Waals surface area contributed by atoms with Crippen molar-refractivity contribution in [3.8, 4) is 0 Å². The molecule has 18 heavy (non-hydrogen) atoms. The number of amides is 1. The highest BCUT2D eigenvalue weighted by Gasteiger charge is 2.19. The maximum Gasteiger partial charge on any atom is 0.234 e. The van der Waals surface area contributed by atoms with E-state index in [-0.39, 0.29) is 5.91 Å². The second-order valence-electron chi connectivity index (χ2n) is 5.02. The second kappa shape index (κ2) is 7.17. The number of nitrogens with one attached hydrogen (secondary N) is 2. The fraction of sp³-hybridized carbons (Fsp3) is 0.533. The fourth-order valence-corrected chi connectivity index (χ4v) is 1.98. The van der Waals surface area contributed by atoms with E-state index in [0.29, 0.717) is 13.1 Å². The molecule has 0 spiro atoms. The largest absolute Gasteiger partial charge is 0.351 e. The number of hydrogen-bond donors (Lipinski definition) is 2. The maximum absolute atomic E-state index is 11.6. The second-order valence-corrected chi connectivity index (χ2v) is 5.02. The van der Waals surface area contributed by atoms with Crippen molar-refractivity contribution < 1.29 is 4.79 Å². The Morgan fingerprint density at radius 1 is 1.22 bits per heavy atom. The Morgan fingerprint density at radius 2 is 2.00 bits per heavy atom. The molecule has 1 saturated carbocycles.